The van der Waals surface area contributed by atoms with Crippen LogP contribution >= 0.6 is 35.0 Å². The molecule has 3 aromatic rings. The number of benzene rings is 1. The molecule has 1 unspecified atom stereocenters. The molecule has 0 radical (unpaired) electrons. The first-order valence-electron chi connectivity index (χ1n) is 7.09. The largest absolute Gasteiger partial charge is 0.414 e. The molecular formula is C14H12Cl2N6O2S. The normalized spacial score (nSPS) is 12.1. The number of hydrogen-bond acceptors (Lipinski definition) is 7. The van der Waals surface area contributed by atoms with Crippen molar-refractivity contribution in [3.05, 3.63) is 46.8 Å². The second-order valence-electron chi connectivity index (χ2n) is 4.90. The van der Waals surface area contributed by atoms with Gasteiger partial charge >= 0.3 is 0 Å². The zero-order valence-corrected chi connectivity index (χ0v) is 15.2. The Labute approximate surface area is 156 Å². The summed E-state index contributed by atoms with van der Waals surface area (Å²) in [6.07, 6.45) is 2.96. The Balaban J connectivity index is 1.61. The van der Waals surface area contributed by atoms with Crippen molar-refractivity contribution in [1.82, 2.24) is 25.0 Å². The summed E-state index contributed by atoms with van der Waals surface area (Å²) in [4.78, 5) is 16.2. The van der Waals surface area contributed by atoms with Crippen LogP contribution < -0.4 is 5.32 Å². The van der Waals surface area contributed by atoms with E-state index in [0.717, 1.165) is 11.8 Å². The lowest BCUT2D eigenvalue weighted by molar-refractivity contribution is -0.115. The molecule has 0 bridgehead atoms. The van der Waals surface area contributed by atoms with Crippen molar-refractivity contribution in [3.8, 4) is 0 Å². The minimum absolute atomic E-state index is 0.281. The molecule has 0 fully saturated rings. The fourth-order valence-corrected chi connectivity index (χ4v) is 3.04. The molecule has 0 spiro atoms. The van der Waals surface area contributed by atoms with Crippen LogP contribution in [-0.4, -0.2) is 36.1 Å². The van der Waals surface area contributed by atoms with Crippen molar-refractivity contribution in [2.75, 3.05) is 5.32 Å². The van der Waals surface area contributed by atoms with Crippen LogP contribution in [0.15, 0.2) is 40.5 Å². The number of rotatable bonds is 6. The van der Waals surface area contributed by atoms with Crippen LogP contribution in [0, 0.1) is 0 Å². The second-order valence-corrected chi connectivity index (χ2v) is 7.01. The van der Waals surface area contributed by atoms with Crippen molar-refractivity contribution in [1.29, 1.82) is 0 Å². The van der Waals surface area contributed by atoms with Gasteiger partial charge in [0.15, 0.2) is 0 Å². The van der Waals surface area contributed by atoms with Gasteiger partial charge in [-0.25, -0.2) is 9.67 Å². The fourth-order valence-electron chi connectivity index (χ4n) is 1.85. The molecule has 1 aromatic carbocycles. The molecule has 8 nitrogen and oxygen atoms in total. The molecule has 2 heterocycles. The van der Waals surface area contributed by atoms with Crippen molar-refractivity contribution in [2.45, 2.75) is 23.9 Å². The highest BCUT2D eigenvalue weighted by Gasteiger charge is 2.20. The van der Waals surface area contributed by atoms with Gasteiger partial charge in [-0.1, -0.05) is 41.0 Å². The Morgan fingerprint density at radius 2 is 2.12 bits per heavy atom. The molecule has 1 N–H and O–H groups in total. The summed E-state index contributed by atoms with van der Waals surface area (Å²) in [5.41, 5.74) is 0.376. The number of carbonyl (C=O) groups is 1. The zero-order valence-electron chi connectivity index (χ0n) is 12.9. The van der Waals surface area contributed by atoms with Crippen molar-refractivity contribution < 1.29 is 9.21 Å². The van der Waals surface area contributed by atoms with Gasteiger partial charge in [0.2, 0.25) is 11.8 Å². The second kappa shape index (κ2) is 7.85. The number of halogens is 2. The van der Waals surface area contributed by atoms with Gasteiger partial charge in [-0.2, -0.15) is 5.10 Å². The van der Waals surface area contributed by atoms with Crippen LogP contribution in [0.4, 0.5) is 5.69 Å². The van der Waals surface area contributed by atoms with E-state index in [1.54, 1.807) is 36.1 Å². The summed E-state index contributed by atoms with van der Waals surface area (Å²) >= 11 is 13.2. The Hall–Kier alpha value is -2.10. The number of nitrogens with zero attached hydrogens (tertiary/aromatic N) is 5. The topological polar surface area (TPSA) is 98.7 Å². The first kappa shape index (κ1) is 17.7. The van der Waals surface area contributed by atoms with Crippen LogP contribution in [0.5, 0.6) is 0 Å². The van der Waals surface area contributed by atoms with Crippen LogP contribution in [0.1, 0.15) is 12.8 Å². The Morgan fingerprint density at radius 3 is 2.80 bits per heavy atom. The predicted molar refractivity (Wildman–Crippen MR) is 93.8 cm³/mol. The third-order valence-electron chi connectivity index (χ3n) is 3.07. The number of para-hydroxylation sites is 1. The quantitative estimate of drug-likeness (QED) is 0.636. The summed E-state index contributed by atoms with van der Waals surface area (Å²) < 4.78 is 7.05. The third-order valence-corrected chi connectivity index (χ3v) is 4.63. The minimum atomic E-state index is -0.494. The van der Waals surface area contributed by atoms with Crippen molar-refractivity contribution in [2.24, 2.45) is 0 Å². The average molecular weight is 399 g/mol. The van der Waals surface area contributed by atoms with Crippen LogP contribution in [0.3, 0.4) is 0 Å². The van der Waals surface area contributed by atoms with Crippen LogP contribution in [0.2, 0.25) is 10.0 Å². The summed E-state index contributed by atoms with van der Waals surface area (Å²) in [5, 5.41) is 15.0. The molecule has 0 saturated carbocycles. The number of thioether (sulfide) groups is 1. The van der Waals surface area contributed by atoms with E-state index in [4.69, 9.17) is 27.6 Å². The van der Waals surface area contributed by atoms with Gasteiger partial charge < -0.3 is 9.73 Å². The maximum absolute atomic E-state index is 12.3. The predicted octanol–water partition coefficient (Wildman–Crippen LogP) is 3.14. The number of anilines is 1. The highest BCUT2D eigenvalue weighted by molar-refractivity contribution is 8.00. The van der Waals surface area contributed by atoms with Crippen LogP contribution in [-0.2, 0) is 11.3 Å². The first-order chi connectivity index (χ1) is 12.0. The average Bonchev–Trinajstić information content (AvgIpc) is 3.23. The number of aromatic nitrogens is 5. The highest BCUT2D eigenvalue weighted by Crippen LogP contribution is 2.31. The van der Waals surface area contributed by atoms with Gasteiger partial charge in [0.1, 0.15) is 19.2 Å². The van der Waals surface area contributed by atoms with Gasteiger partial charge in [0.05, 0.1) is 21.0 Å². The van der Waals surface area contributed by atoms with Gasteiger partial charge in [-0.3, -0.25) is 4.79 Å². The summed E-state index contributed by atoms with van der Waals surface area (Å²) in [6.45, 7) is 2.02. The molecule has 0 aliphatic heterocycles. The van der Waals surface area contributed by atoms with E-state index in [0.29, 0.717) is 28.2 Å². The van der Waals surface area contributed by atoms with E-state index in [2.05, 4.69) is 25.6 Å². The molecule has 0 aliphatic carbocycles. The van der Waals surface area contributed by atoms with E-state index in [-0.39, 0.29) is 11.1 Å². The third kappa shape index (κ3) is 4.50. The lowest BCUT2D eigenvalue weighted by Crippen LogP contribution is -2.22. The van der Waals surface area contributed by atoms with E-state index in [1.807, 2.05) is 0 Å². The Bertz CT molecular complexity index is 850. The maximum atomic E-state index is 12.3. The molecule has 130 valence electrons. The van der Waals surface area contributed by atoms with E-state index in [9.17, 15) is 4.79 Å². The van der Waals surface area contributed by atoms with Gasteiger partial charge in [0, 0.05) is 0 Å². The molecule has 11 heteroatoms. The van der Waals surface area contributed by atoms with E-state index in [1.165, 1.54) is 6.33 Å². The molecule has 3 rings (SSSR count). The molecule has 0 saturated heterocycles. The zero-order chi connectivity index (χ0) is 17.8. The van der Waals surface area contributed by atoms with Gasteiger partial charge in [-0.05, 0) is 19.1 Å². The highest BCUT2D eigenvalue weighted by atomic mass is 35.5. The number of hydrogen-bond donors (Lipinski definition) is 1. The molecule has 0 aliphatic rings. The monoisotopic (exact) mass is 398 g/mol. The lowest BCUT2D eigenvalue weighted by atomic mass is 10.3. The van der Waals surface area contributed by atoms with Gasteiger partial charge in [-0.15, -0.1) is 10.2 Å². The smallest absolute Gasteiger partial charge is 0.277 e. The summed E-state index contributed by atoms with van der Waals surface area (Å²) in [6, 6.07) is 5.00. The molecule has 1 amide bonds. The van der Waals surface area contributed by atoms with Crippen LogP contribution in [0.25, 0.3) is 0 Å². The Morgan fingerprint density at radius 1 is 1.36 bits per heavy atom. The van der Waals surface area contributed by atoms with Crippen molar-refractivity contribution >= 4 is 46.6 Å². The van der Waals surface area contributed by atoms with E-state index >= 15 is 0 Å². The van der Waals surface area contributed by atoms with E-state index < -0.39 is 5.25 Å². The Kier molecular flexibility index (Phi) is 5.57. The molecule has 1 atom stereocenters. The molecule has 25 heavy (non-hydrogen) atoms. The first-order valence-corrected chi connectivity index (χ1v) is 8.73. The lowest BCUT2D eigenvalue weighted by Gasteiger charge is -2.12. The number of nitrogens with one attached hydrogen (secondary N) is 1. The van der Waals surface area contributed by atoms with Gasteiger partial charge in [0.25, 0.3) is 5.22 Å². The fraction of sp³-hybridized carbons (Fsp3) is 0.214. The SMILES string of the molecule is CC(Sc1nnc(Cn2cncn2)o1)C(=O)Nc1c(Cl)cccc1Cl. The number of carbonyl (C=O) groups excluding carboxylic acids is 1. The maximum Gasteiger partial charge on any atom is 0.277 e. The molecular weight excluding hydrogens is 387 g/mol. The summed E-state index contributed by atoms with van der Waals surface area (Å²) in [7, 11) is 0. The molecule has 2 aromatic heterocycles. The van der Waals surface area contributed by atoms with Crippen molar-refractivity contribution in [3.63, 3.8) is 0 Å². The minimum Gasteiger partial charge on any atom is -0.414 e. The standard InChI is InChI=1S/C14H12Cl2N6O2S/c1-8(13(23)19-12-9(15)3-2-4-10(12)16)25-14-21-20-11(24-14)5-22-7-17-6-18-22/h2-4,6-8H,5H2,1H3,(H,19,23). The summed E-state index contributed by atoms with van der Waals surface area (Å²) in [5.74, 6) is 0.0887. The number of amides is 1.